The number of carbonyl (C=O) groups is 2. The van der Waals surface area contributed by atoms with Crippen LogP contribution in [0.15, 0.2) is 50.9 Å². The standard InChI is InChI=1S/C20H16ClN5O4/c21-13-3-1-11(2-4-13)15-7-12(9-29-15)18-24-17(30-25-18)8-26-10-22-19-14(20(26)28)5-6-16(27)23-19/h1-6,10,12,14-15H,7-9H2/t12-,14?,15+/m0/s1. The van der Waals surface area contributed by atoms with Crippen LogP contribution in [0, 0.1) is 5.92 Å². The fourth-order valence-corrected chi connectivity index (χ4v) is 3.76. The molecule has 152 valence electrons. The maximum atomic E-state index is 12.6. The van der Waals surface area contributed by atoms with Gasteiger partial charge in [0.15, 0.2) is 11.7 Å². The van der Waals surface area contributed by atoms with E-state index < -0.39 is 11.8 Å². The number of halogens is 1. The first-order valence-electron chi connectivity index (χ1n) is 9.42. The topological polar surface area (TPSA) is 110 Å². The Kier molecular flexibility index (Phi) is 4.76. The molecular formula is C20H16ClN5O4. The molecule has 0 bridgehead atoms. The smallest absolute Gasteiger partial charge is 0.271 e. The highest BCUT2D eigenvalue weighted by molar-refractivity contribution is 6.30. The Morgan fingerprint density at radius 3 is 2.87 bits per heavy atom. The molecule has 0 spiro atoms. The average molecular weight is 426 g/mol. The van der Waals surface area contributed by atoms with Gasteiger partial charge in [-0.05, 0) is 24.1 Å². The Morgan fingerprint density at radius 2 is 2.03 bits per heavy atom. The summed E-state index contributed by atoms with van der Waals surface area (Å²) in [7, 11) is 0. The van der Waals surface area contributed by atoms with Crippen molar-refractivity contribution < 1.29 is 18.8 Å². The van der Waals surface area contributed by atoms with E-state index in [4.69, 9.17) is 20.9 Å². The van der Waals surface area contributed by atoms with E-state index >= 15 is 0 Å². The third-order valence-electron chi connectivity index (χ3n) is 5.21. The number of aliphatic imine (C=N–C) groups is 2. The summed E-state index contributed by atoms with van der Waals surface area (Å²) in [4.78, 5) is 37.6. The quantitative estimate of drug-likeness (QED) is 0.744. The second kappa shape index (κ2) is 7.58. The number of amides is 2. The summed E-state index contributed by atoms with van der Waals surface area (Å²) in [5.74, 6) is -0.287. The Hall–Kier alpha value is -3.17. The monoisotopic (exact) mass is 425 g/mol. The average Bonchev–Trinajstić information content (AvgIpc) is 3.40. The number of nitrogens with zero attached hydrogens (tertiary/aromatic N) is 5. The lowest BCUT2D eigenvalue weighted by Gasteiger charge is -2.25. The van der Waals surface area contributed by atoms with Gasteiger partial charge in [0.1, 0.15) is 12.5 Å². The summed E-state index contributed by atoms with van der Waals surface area (Å²) in [5, 5.41) is 4.75. The van der Waals surface area contributed by atoms with Gasteiger partial charge < -0.3 is 9.26 Å². The number of hydrogen-bond acceptors (Lipinski definition) is 7. The first kappa shape index (κ1) is 18.8. The molecule has 0 radical (unpaired) electrons. The van der Waals surface area contributed by atoms with Gasteiger partial charge in [0.25, 0.3) is 5.91 Å². The third kappa shape index (κ3) is 3.57. The number of rotatable bonds is 4. The van der Waals surface area contributed by atoms with E-state index in [0.717, 1.165) is 12.0 Å². The first-order chi connectivity index (χ1) is 14.6. The molecule has 1 aromatic carbocycles. The fourth-order valence-electron chi connectivity index (χ4n) is 3.63. The van der Waals surface area contributed by atoms with Crippen LogP contribution >= 0.6 is 11.6 Å². The van der Waals surface area contributed by atoms with Crippen molar-refractivity contribution in [3.05, 3.63) is 58.7 Å². The molecule has 5 rings (SSSR count). The van der Waals surface area contributed by atoms with Crippen molar-refractivity contribution in [3.8, 4) is 0 Å². The molecule has 3 aliphatic rings. The highest BCUT2D eigenvalue weighted by Crippen LogP contribution is 2.37. The van der Waals surface area contributed by atoms with E-state index in [9.17, 15) is 9.59 Å². The van der Waals surface area contributed by atoms with Gasteiger partial charge in [0.2, 0.25) is 11.8 Å². The summed E-state index contributed by atoms with van der Waals surface area (Å²) in [6.45, 7) is 0.576. The predicted molar refractivity (Wildman–Crippen MR) is 106 cm³/mol. The highest BCUT2D eigenvalue weighted by atomic mass is 35.5. The van der Waals surface area contributed by atoms with E-state index in [0.29, 0.717) is 23.3 Å². The van der Waals surface area contributed by atoms with Crippen molar-refractivity contribution in [2.24, 2.45) is 15.9 Å². The second-order valence-electron chi connectivity index (χ2n) is 7.21. The second-order valence-corrected chi connectivity index (χ2v) is 7.64. The zero-order chi connectivity index (χ0) is 20.7. The van der Waals surface area contributed by atoms with E-state index in [-0.39, 0.29) is 30.3 Å². The Balaban J connectivity index is 1.25. The number of amidine groups is 1. The van der Waals surface area contributed by atoms with Crippen molar-refractivity contribution in [2.75, 3.05) is 6.61 Å². The third-order valence-corrected chi connectivity index (χ3v) is 5.46. The van der Waals surface area contributed by atoms with Gasteiger partial charge in [-0.15, -0.1) is 0 Å². The van der Waals surface area contributed by atoms with Gasteiger partial charge in [-0.3, -0.25) is 14.5 Å². The van der Waals surface area contributed by atoms with Crippen LogP contribution in [0.3, 0.4) is 0 Å². The Morgan fingerprint density at radius 1 is 1.20 bits per heavy atom. The van der Waals surface area contributed by atoms with Crippen molar-refractivity contribution >= 4 is 35.6 Å². The minimum Gasteiger partial charge on any atom is -0.373 e. The van der Waals surface area contributed by atoms with Crippen LogP contribution in [0.1, 0.15) is 35.7 Å². The van der Waals surface area contributed by atoms with Gasteiger partial charge in [0.05, 0.1) is 19.0 Å². The summed E-state index contributed by atoms with van der Waals surface area (Å²) in [6, 6.07) is 7.57. The van der Waals surface area contributed by atoms with Crippen LogP contribution in [-0.2, 0) is 20.9 Å². The number of dihydropyridines is 1. The zero-order valence-electron chi connectivity index (χ0n) is 15.6. The molecule has 1 unspecified atom stereocenters. The van der Waals surface area contributed by atoms with Gasteiger partial charge in [-0.1, -0.05) is 35.0 Å². The fraction of sp³-hybridized carbons (Fsp3) is 0.300. The zero-order valence-corrected chi connectivity index (χ0v) is 16.4. The summed E-state index contributed by atoms with van der Waals surface area (Å²) >= 11 is 5.94. The summed E-state index contributed by atoms with van der Waals surface area (Å²) < 4.78 is 11.2. The van der Waals surface area contributed by atoms with Crippen LogP contribution in [0.5, 0.6) is 0 Å². The lowest BCUT2D eigenvalue weighted by Crippen LogP contribution is -2.42. The molecule has 1 saturated heterocycles. The molecular weight excluding hydrogens is 410 g/mol. The minimum absolute atomic E-state index is 0.0000660. The molecule has 0 saturated carbocycles. The van der Waals surface area contributed by atoms with Crippen molar-refractivity contribution in [1.82, 2.24) is 15.0 Å². The Bertz CT molecular complexity index is 1090. The van der Waals surface area contributed by atoms with E-state index in [1.807, 2.05) is 24.3 Å². The molecule has 10 heteroatoms. The number of carbonyl (C=O) groups excluding carboxylic acids is 2. The van der Waals surface area contributed by atoms with Crippen LogP contribution in [-0.4, -0.2) is 45.6 Å². The SMILES string of the molecule is O=C1C=CC2C(=O)N(Cc3nc([C@@H]4CO[C@@H](c5ccc(Cl)cc5)C4)no3)C=NC2=N1. The first-order valence-corrected chi connectivity index (χ1v) is 9.79. The lowest BCUT2D eigenvalue weighted by atomic mass is 10.0. The normalized spacial score (nSPS) is 25.6. The maximum Gasteiger partial charge on any atom is 0.271 e. The van der Waals surface area contributed by atoms with E-state index in [2.05, 4.69) is 20.1 Å². The highest BCUT2D eigenvalue weighted by Gasteiger charge is 2.34. The molecule has 4 heterocycles. The predicted octanol–water partition coefficient (Wildman–Crippen LogP) is 2.45. The van der Waals surface area contributed by atoms with Crippen molar-refractivity contribution in [1.29, 1.82) is 0 Å². The summed E-state index contributed by atoms with van der Waals surface area (Å²) in [6.07, 6.45) is 4.79. The molecule has 0 aliphatic carbocycles. The molecule has 30 heavy (non-hydrogen) atoms. The molecule has 0 N–H and O–H groups in total. The molecule has 2 amide bonds. The number of hydrogen-bond donors (Lipinski definition) is 0. The molecule has 9 nitrogen and oxygen atoms in total. The molecule has 3 aliphatic heterocycles. The van der Waals surface area contributed by atoms with Crippen molar-refractivity contribution in [3.63, 3.8) is 0 Å². The van der Waals surface area contributed by atoms with Crippen LogP contribution in [0.4, 0.5) is 0 Å². The number of benzene rings is 1. The van der Waals surface area contributed by atoms with Crippen molar-refractivity contribution in [2.45, 2.75) is 25.0 Å². The molecule has 2 aromatic rings. The van der Waals surface area contributed by atoms with E-state index in [1.54, 1.807) is 0 Å². The molecule has 3 atom stereocenters. The van der Waals surface area contributed by atoms with Gasteiger partial charge in [-0.25, -0.2) is 4.99 Å². The van der Waals surface area contributed by atoms with E-state index in [1.165, 1.54) is 23.4 Å². The van der Waals surface area contributed by atoms with Gasteiger partial charge in [-0.2, -0.15) is 9.98 Å². The maximum absolute atomic E-state index is 12.6. The summed E-state index contributed by atoms with van der Waals surface area (Å²) in [5.41, 5.74) is 1.05. The van der Waals surface area contributed by atoms with Crippen LogP contribution < -0.4 is 0 Å². The largest absolute Gasteiger partial charge is 0.373 e. The molecule has 1 fully saturated rings. The van der Waals surface area contributed by atoms with Crippen LogP contribution in [0.25, 0.3) is 0 Å². The number of aromatic nitrogens is 2. The number of ether oxygens (including phenoxy) is 1. The van der Waals surface area contributed by atoms with Crippen LogP contribution in [0.2, 0.25) is 5.02 Å². The Labute approximate surface area is 176 Å². The van der Waals surface area contributed by atoms with Gasteiger partial charge in [0, 0.05) is 17.0 Å². The molecule has 1 aromatic heterocycles. The lowest BCUT2D eigenvalue weighted by molar-refractivity contribution is -0.129. The number of fused-ring (bicyclic) bond motifs is 1. The van der Waals surface area contributed by atoms with Gasteiger partial charge >= 0.3 is 0 Å². The minimum atomic E-state index is -0.668.